The quantitative estimate of drug-likeness (QED) is 0.245. The van der Waals surface area contributed by atoms with Crippen molar-refractivity contribution in [1.82, 2.24) is 14.8 Å². The van der Waals surface area contributed by atoms with Crippen molar-refractivity contribution in [3.63, 3.8) is 0 Å². The molecule has 37 heavy (non-hydrogen) atoms. The molecule has 2 heterocycles. The van der Waals surface area contributed by atoms with Crippen molar-refractivity contribution in [2.24, 2.45) is 0 Å². The van der Waals surface area contributed by atoms with Crippen LogP contribution in [0.15, 0.2) is 23.4 Å². The number of thioether (sulfide) groups is 1. The topological polar surface area (TPSA) is 122 Å². The highest BCUT2D eigenvalue weighted by molar-refractivity contribution is 7.99. The third-order valence-corrected chi connectivity index (χ3v) is 7.82. The Labute approximate surface area is 231 Å². The Morgan fingerprint density at radius 3 is 2.51 bits per heavy atom. The van der Waals surface area contributed by atoms with Crippen LogP contribution in [0, 0.1) is 6.92 Å². The largest absolute Gasteiger partial charge is 0.481 e. The number of thiophene rings is 1. The maximum atomic E-state index is 12.8. The highest BCUT2D eigenvalue weighted by Crippen LogP contribution is 2.35. The molecule has 2 aromatic heterocycles. The number of nitrogens with one attached hydrogen (secondary N) is 1. The number of hydrogen-bond acceptors (Lipinski definition) is 10. The molecule has 1 atom stereocenters. The van der Waals surface area contributed by atoms with E-state index in [1.807, 2.05) is 11.5 Å². The molecular weight excluding hydrogens is 563 g/mol. The van der Waals surface area contributed by atoms with Gasteiger partial charge in [-0.2, -0.15) is 0 Å². The predicted octanol–water partition coefficient (Wildman–Crippen LogP) is 5.42. The summed E-state index contributed by atoms with van der Waals surface area (Å²) in [5.74, 6) is -0.753. The number of benzene rings is 1. The number of rotatable bonds is 10. The van der Waals surface area contributed by atoms with Crippen LogP contribution in [0.25, 0.3) is 0 Å². The lowest BCUT2D eigenvalue weighted by Gasteiger charge is -2.16. The normalized spacial score (nSPS) is 11.6. The molecule has 0 saturated carbocycles. The molecule has 0 spiro atoms. The second-order valence-corrected chi connectivity index (χ2v) is 10.3. The molecular formula is C23H24Cl2N4O6S2. The zero-order chi connectivity index (χ0) is 27.3. The van der Waals surface area contributed by atoms with Gasteiger partial charge in [-0.25, -0.2) is 9.59 Å². The van der Waals surface area contributed by atoms with Crippen LogP contribution in [0.5, 0.6) is 5.75 Å². The number of halogens is 2. The predicted molar refractivity (Wildman–Crippen MR) is 142 cm³/mol. The lowest BCUT2D eigenvalue weighted by Crippen LogP contribution is -2.17. The van der Waals surface area contributed by atoms with Crippen molar-refractivity contribution in [3.05, 3.63) is 50.1 Å². The van der Waals surface area contributed by atoms with E-state index in [4.69, 9.17) is 37.4 Å². The number of carbonyl (C=O) groups excluding carboxylic acids is 3. The molecule has 1 aromatic carbocycles. The number of anilines is 1. The number of esters is 2. The summed E-state index contributed by atoms with van der Waals surface area (Å²) in [6.07, 6.45) is -0.500. The second-order valence-electron chi connectivity index (χ2n) is 7.50. The number of carbonyl (C=O) groups is 3. The first kappa shape index (κ1) is 28.8. The zero-order valence-corrected chi connectivity index (χ0v) is 23.7. The Balaban J connectivity index is 1.73. The average Bonchev–Trinajstić information content (AvgIpc) is 3.44. The third kappa shape index (κ3) is 6.56. The molecule has 198 valence electrons. The van der Waals surface area contributed by atoms with Gasteiger partial charge in [-0.05, 0) is 38.5 Å². The molecule has 1 N–H and O–H groups in total. The Morgan fingerprint density at radius 1 is 1.16 bits per heavy atom. The summed E-state index contributed by atoms with van der Waals surface area (Å²) in [4.78, 5) is 37.3. The van der Waals surface area contributed by atoms with E-state index in [0.717, 1.165) is 23.1 Å². The van der Waals surface area contributed by atoms with Gasteiger partial charge in [-0.3, -0.25) is 4.79 Å². The maximum absolute atomic E-state index is 12.8. The molecule has 0 aliphatic carbocycles. The average molecular weight is 588 g/mol. The van der Waals surface area contributed by atoms with Gasteiger partial charge in [0.15, 0.2) is 17.1 Å². The van der Waals surface area contributed by atoms with E-state index in [2.05, 4.69) is 15.5 Å². The Hall–Kier alpha value is -2.80. The van der Waals surface area contributed by atoms with Gasteiger partial charge >= 0.3 is 11.9 Å². The minimum Gasteiger partial charge on any atom is -0.481 e. The standard InChI is InChI=1S/C23H24Cl2N4O6S2/c1-6-29-19(12(3)35-15-9-13(24)7-8-14(15)25)27-28-23(29)36-10-16(30)26-20-17(21(31)33-4)11(2)18(37-20)22(32)34-5/h7-9,12H,6,10H2,1-5H3,(H,26,30). The summed E-state index contributed by atoms with van der Waals surface area (Å²) in [6, 6.07) is 4.93. The highest BCUT2D eigenvalue weighted by atomic mass is 35.5. The summed E-state index contributed by atoms with van der Waals surface area (Å²) >= 11 is 14.4. The number of amides is 1. The fraction of sp³-hybridized carbons (Fsp3) is 0.348. The summed E-state index contributed by atoms with van der Waals surface area (Å²) in [6.45, 7) is 5.84. The van der Waals surface area contributed by atoms with Crippen molar-refractivity contribution < 1.29 is 28.6 Å². The minimum absolute atomic E-state index is 0.0292. The molecule has 0 radical (unpaired) electrons. The third-order valence-electron chi connectivity index (χ3n) is 5.11. The molecule has 0 saturated heterocycles. The number of hydrogen-bond donors (Lipinski definition) is 1. The van der Waals surface area contributed by atoms with Gasteiger partial charge in [-0.1, -0.05) is 35.0 Å². The number of methoxy groups -OCH3 is 2. The van der Waals surface area contributed by atoms with E-state index in [9.17, 15) is 14.4 Å². The Kier molecular flexibility index (Phi) is 9.82. The van der Waals surface area contributed by atoms with E-state index in [-0.39, 0.29) is 21.2 Å². The number of ether oxygens (including phenoxy) is 3. The van der Waals surface area contributed by atoms with E-state index >= 15 is 0 Å². The van der Waals surface area contributed by atoms with Crippen LogP contribution >= 0.6 is 46.3 Å². The monoisotopic (exact) mass is 586 g/mol. The lowest BCUT2D eigenvalue weighted by molar-refractivity contribution is -0.113. The van der Waals surface area contributed by atoms with E-state index in [1.54, 1.807) is 32.0 Å². The van der Waals surface area contributed by atoms with Crippen molar-refractivity contribution >= 4 is 69.1 Å². The molecule has 14 heteroatoms. The van der Waals surface area contributed by atoms with Gasteiger partial charge < -0.3 is 24.1 Å². The van der Waals surface area contributed by atoms with Crippen molar-refractivity contribution in [2.45, 2.75) is 38.6 Å². The summed E-state index contributed by atoms with van der Waals surface area (Å²) < 4.78 is 17.4. The van der Waals surface area contributed by atoms with Crippen LogP contribution < -0.4 is 10.1 Å². The summed E-state index contributed by atoms with van der Waals surface area (Å²) in [5, 5.41) is 12.7. The van der Waals surface area contributed by atoms with Crippen LogP contribution in [-0.2, 0) is 20.8 Å². The molecule has 0 aliphatic heterocycles. The molecule has 3 aromatic rings. The molecule has 1 amide bonds. The van der Waals surface area contributed by atoms with Crippen LogP contribution in [0.3, 0.4) is 0 Å². The van der Waals surface area contributed by atoms with Gasteiger partial charge in [-0.15, -0.1) is 21.5 Å². The smallest absolute Gasteiger partial charge is 0.348 e. The van der Waals surface area contributed by atoms with Crippen LogP contribution in [0.4, 0.5) is 5.00 Å². The molecule has 0 aliphatic rings. The van der Waals surface area contributed by atoms with Gasteiger partial charge in [0, 0.05) is 17.6 Å². The fourth-order valence-corrected chi connectivity index (χ4v) is 5.61. The molecule has 10 nitrogen and oxygen atoms in total. The van der Waals surface area contributed by atoms with E-state index in [1.165, 1.54) is 14.2 Å². The first-order valence-electron chi connectivity index (χ1n) is 10.9. The summed E-state index contributed by atoms with van der Waals surface area (Å²) in [5.41, 5.74) is 0.478. The van der Waals surface area contributed by atoms with E-state index in [0.29, 0.717) is 38.9 Å². The summed E-state index contributed by atoms with van der Waals surface area (Å²) in [7, 11) is 2.46. The van der Waals surface area contributed by atoms with Crippen LogP contribution in [0.2, 0.25) is 10.0 Å². The molecule has 3 rings (SSSR count). The van der Waals surface area contributed by atoms with Gasteiger partial charge in [0.25, 0.3) is 0 Å². The molecule has 0 bridgehead atoms. The highest BCUT2D eigenvalue weighted by Gasteiger charge is 2.27. The first-order chi connectivity index (χ1) is 17.6. The SMILES string of the molecule is CCn1c(SCC(=O)Nc2sc(C(=O)OC)c(C)c2C(=O)OC)nnc1C(C)Oc1cc(Cl)ccc1Cl. The number of aromatic nitrogens is 3. The number of nitrogens with zero attached hydrogens (tertiary/aromatic N) is 3. The minimum atomic E-state index is -0.670. The Morgan fingerprint density at radius 2 is 1.86 bits per heavy atom. The second kappa shape index (κ2) is 12.6. The fourth-order valence-electron chi connectivity index (χ4n) is 3.35. The van der Waals surface area contributed by atoms with Crippen LogP contribution in [0.1, 0.15) is 51.4 Å². The van der Waals surface area contributed by atoms with Crippen LogP contribution in [-0.4, -0.2) is 52.6 Å². The lowest BCUT2D eigenvalue weighted by atomic mass is 10.1. The van der Waals surface area contributed by atoms with Crippen molar-refractivity contribution in [1.29, 1.82) is 0 Å². The van der Waals surface area contributed by atoms with Gasteiger partial charge in [0.1, 0.15) is 15.6 Å². The van der Waals surface area contributed by atoms with Gasteiger partial charge in [0.2, 0.25) is 5.91 Å². The van der Waals surface area contributed by atoms with Gasteiger partial charge in [0.05, 0.1) is 30.6 Å². The first-order valence-corrected chi connectivity index (χ1v) is 13.4. The van der Waals surface area contributed by atoms with E-state index < -0.39 is 23.9 Å². The molecule has 1 unspecified atom stereocenters. The maximum Gasteiger partial charge on any atom is 0.348 e. The van der Waals surface area contributed by atoms with Crippen molar-refractivity contribution in [3.8, 4) is 5.75 Å². The molecule has 0 fully saturated rings. The zero-order valence-electron chi connectivity index (χ0n) is 20.6. The van der Waals surface area contributed by atoms with Crippen molar-refractivity contribution in [2.75, 3.05) is 25.3 Å². The Bertz CT molecular complexity index is 1330.